The zero-order chi connectivity index (χ0) is 11.5. The number of carbonyl (C=O) groups excluding carboxylic acids is 1. The number of rotatable bonds is 3. The molecule has 1 atom stereocenters. The first-order valence-electron chi connectivity index (χ1n) is 5.07. The third-order valence-corrected chi connectivity index (χ3v) is 2.23. The Kier molecular flexibility index (Phi) is 2.87. The van der Waals surface area contributed by atoms with E-state index in [0.717, 1.165) is 5.52 Å². The van der Waals surface area contributed by atoms with Gasteiger partial charge in [0.2, 0.25) is 0 Å². The molecule has 0 fully saturated rings. The summed E-state index contributed by atoms with van der Waals surface area (Å²) in [6.07, 6.45) is 2.75. The number of hydrogen-bond acceptors (Lipinski definition) is 3. The molecule has 0 unspecified atom stereocenters. The number of hydrogen-bond donors (Lipinski definition) is 2. The van der Waals surface area contributed by atoms with E-state index in [-0.39, 0.29) is 12.5 Å². The standard InChI is InChI=1S/C11H13N3O2/c1-8(15)6-12-11(16)9-7-13-14-5-3-2-4-10(9)14/h2-5,7-8,15H,6H2,1H3,(H,12,16)/t8-/m1/s1. The SMILES string of the molecule is C[C@@H](O)CNC(=O)c1cnn2ccccc12. The Morgan fingerprint density at radius 1 is 1.62 bits per heavy atom. The molecule has 2 aromatic heterocycles. The second kappa shape index (κ2) is 4.32. The van der Waals surface area contributed by atoms with E-state index in [2.05, 4.69) is 10.4 Å². The van der Waals surface area contributed by atoms with Gasteiger partial charge in [0, 0.05) is 12.7 Å². The van der Waals surface area contributed by atoms with Crippen LogP contribution in [0, 0.1) is 0 Å². The molecule has 16 heavy (non-hydrogen) atoms. The van der Waals surface area contributed by atoms with Crippen molar-refractivity contribution in [1.82, 2.24) is 14.9 Å². The van der Waals surface area contributed by atoms with Crippen LogP contribution in [0.25, 0.3) is 5.52 Å². The first-order chi connectivity index (χ1) is 7.68. The van der Waals surface area contributed by atoms with Crippen molar-refractivity contribution >= 4 is 11.4 Å². The molecular weight excluding hydrogens is 206 g/mol. The second-order valence-corrected chi connectivity index (χ2v) is 3.65. The molecule has 0 spiro atoms. The van der Waals surface area contributed by atoms with Crippen molar-refractivity contribution in [1.29, 1.82) is 0 Å². The van der Waals surface area contributed by atoms with Crippen LogP contribution in [-0.2, 0) is 0 Å². The maximum absolute atomic E-state index is 11.7. The van der Waals surface area contributed by atoms with Gasteiger partial charge in [-0.15, -0.1) is 0 Å². The summed E-state index contributed by atoms with van der Waals surface area (Å²) in [5.74, 6) is -0.220. The van der Waals surface area contributed by atoms with Gasteiger partial charge in [0.1, 0.15) is 0 Å². The van der Waals surface area contributed by atoms with Crippen LogP contribution in [0.5, 0.6) is 0 Å². The van der Waals surface area contributed by atoms with Gasteiger partial charge in [0.25, 0.3) is 5.91 Å². The summed E-state index contributed by atoms with van der Waals surface area (Å²) in [4.78, 5) is 11.7. The molecule has 2 N–H and O–H groups in total. The highest BCUT2D eigenvalue weighted by atomic mass is 16.3. The third kappa shape index (κ3) is 2.04. The summed E-state index contributed by atoms with van der Waals surface area (Å²) in [7, 11) is 0. The maximum Gasteiger partial charge on any atom is 0.255 e. The average Bonchev–Trinajstić information content (AvgIpc) is 2.69. The van der Waals surface area contributed by atoms with E-state index in [1.807, 2.05) is 18.2 Å². The second-order valence-electron chi connectivity index (χ2n) is 3.65. The van der Waals surface area contributed by atoms with Crippen molar-refractivity contribution in [3.63, 3.8) is 0 Å². The molecule has 5 nitrogen and oxygen atoms in total. The van der Waals surface area contributed by atoms with E-state index >= 15 is 0 Å². The first-order valence-corrected chi connectivity index (χ1v) is 5.07. The predicted octanol–water partition coefficient (Wildman–Crippen LogP) is 0.445. The largest absolute Gasteiger partial charge is 0.392 e. The van der Waals surface area contributed by atoms with Crippen LogP contribution >= 0.6 is 0 Å². The Hall–Kier alpha value is -1.88. The van der Waals surface area contributed by atoms with Crippen LogP contribution in [0.2, 0.25) is 0 Å². The number of aliphatic hydroxyl groups excluding tert-OH is 1. The van der Waals surface area contributed by atoms with Gasteiger partial charge in [-0.3, -0.25) is 4.79 Å². The van der Waals surface area contributed by atoms with Gasteiger partial charge in [-0.2, -0.15) is 5.10 Å². The molecule has 2 rings (SSSR count). The van der Waals surface area contributed by atoms with E-state index in [1.54, 1.807) is 17.6 Å². The first kappa shape index (κ1) is 10.6. The van der Waals surface area contributed by atoms with E-state index in [1.165, 1.54) is 6.20 Å². The van der Waals surface area contributed by atoms with Crippen LogP contribution in [0.1, 0.15) is 17.3 Å². The molecule has 2 aromatic rings. The minimum absolute atomic E-state index is 0.220. The number of carbonyl (C=O) groups is 1. The zero-order valence-electron chi connectivity index (χ0n) is 8.92. The van der Waals surface area contributed by atoms with E-state index in [9.17, 15) is 4.79 Å². The molecular formula is C11H13N3O2. The highest BCUT2D eigenvalue weighted by Crippen LogP contribution is 2.09. The lowest BCUT2D eigenvalue weighted by Crippen LogP contribution is -2.30. The topological polar surface area (TPSA) is 66.6 Å². The minimum atomic E-state index is -0.550. The molecule has 0 aliphatic heterocycles. The van der Waals surface area contributed by atoms with Gasteiger partial charge >= 0.3 is 0 Å². The summed E-state index contributed by atoms with van der Waals surface area (Å²) < 4.78 is 1.64. The lowest BCUT2D eigenvalue weighted by Gasteiger charge is -2.05. The van der Waals surface area contributed by atoms with Crippen molar-refractivity contribution in [2.45, 2.75) is 13.0 Å². The van der Waals surface area contributed by atoms with Crippen LogP contribution in [-0.4, -0.2) is 33.3 Å². The van der Waals surface area contributed by atoms with Crippen LogP contribution in [0.15, 0.2) is 30.6 Å². The summed E-state index contributed by atoms with van der Waals surface area (Å²) in [6, 6.07) is 5.52. The smallest absolute Gasteiger partial charge is 0.255 e. The van der Waals surface area contributed by atoms with Crippen molar-refractivity contribution in [3.8, 4) is 0 Å². The van der Waals surface area contributed by atoms with Gasteiger partial charge in [0.05, 0.1) is 23.4 Å². The van der Waals surface area contributed by atoms with Gasteiger partial charge in [-0.25, -0.2) is 4.52 Å². The molecule has 0 aliphatic rings. The lowest BCUT2D eigenvalue weighted by molar-refractivity contribution is 0.0925. The molecule has 0 saturated carbocycles. The van der Waals surface area contributed by atoms with Crippen LogP contribution in [0.3, 0.4) is 0 Å². The molecule has 0 radical (unpaired) electrons. The molecule has 5 heteroatoms. The summed E-state index contributed by atoms with van der Waals surface area (Å²) >= 11 is 0. The number of aromatic nitrogens is 2. The highest BCUT2D eigenvalue weighted by Gasteiger charge is 2.11. The third-order valence-electron chi connectivity index (χ3n) is 2.23. The molecule has 0 saturated heterocycles. The van der Waals surface area contributed by atoms with Gasteiger partial charge in [-0.1, -0.05) is 6.07 Å². The Labute approximate surface area is 92.7 Å². The minimum Gasteiger partial charge on any atom is -0.392 e. The summed E-state index contributed by atoms with van der Waals surface area (Å²) in [6.45, 7) is 1.86. The predicted molar refractivity (Wildman–Crippen MR) is 59.2 cm³/mol. The Morgan fingerprint density at radius 3 is 3.19 bits per heavy atom. The number of aliphatic hydroxyl groups is 1. The summed E-state index contributed by atoms with van der Waals surface area (Å²) in [5.41, 5.74) is 1.27. The van der Waals surface area contributed by atoms with Crippen LogP contribution in [0.4, 0.5) is 0 Å². The van der Waals surface area contributed by atoms with Crippen molar-refractivity contribution < 1.29 is 9.90 Å². The van der Waals surface area contributed by atoms with Crippen molar-refractivity contribution in [2.75, 3.05) is 6.54 Å². The van der Waals surface area contributed by atoms with E-state index < -0.39 is 6.10 Å². The molecule has 0 aliphatic carbocycles. The van der Waals surface area contributed by atoms with Gasteiger partial charge in [-0.05, 0) is 19.1 Å². The Balaban J connectivity index is 2.23. The monoisotopic (exact) mass is 219 g/mol. The molecule has 0 aromatic carbocycles. The molecule has 2 heterocycles. The fourth-order valence-corrected chi connectivity index (χ4v) is 1.45. The lowest BCUT2D eigenvalue weighted by atomic mass is 10.2. The number of amides is 1. The zero-order valence-corrected chi connectivity index (χ0v) is 8.92. The van der Waals surface area contributed by atoms with E-state index in [4.69, 9.17) is 5.11 Å². The molecule has 1 amide bonds. The molecule has 0 bridgehead atoms. The number of pyridine rings is 1. The number of fused-ring (bicyclic) bond motifs is 1. The summed E-state index contributed by atoms with van der Waals surface area (Å²) in [5, 5.41) is 15.8. The maximum atomic E-state index is 11.7. The Bertz CT molecular complexity index is 505. The number of nitrogens with one attached hydrogen (secondary N) is 1. The van der Waals surface area contributed by atoms with Gasteiger partial charge in [0.15, 0.2) is 0 Å². The quantitative estimate of drug-likeness (QED) is 0.787. The fraction of sp³-hybridized carbons (Fsp3) is 0.273. The van der Waals surface area contributed by atoms with Gasteiger partial charge < -0.3 is 10.4 Å². The fourth-order valence-electron chi connectivity index (χ4n) is 1.45. The van der Waals surface area contributed by atoms with Crippen LogP contribution < -0.4 is 5.32 Å². The van der Waals surface area contributed by atoms with Crippen molar-refractivity contribution in [3.05, 3.63) is 36.2 Å². The molecule has 84 valence electrons. The van der Waals surface area contributed by atoms with Crippen molar-refractivity contribution in [2.24, 2.45) is 0 Å². The van der Waals surface area contributed by atoms with E-state index in [0.29, 0.717) is 5.56 Å². The highest BCUT2D eigenvalue weighted by molar-refractivity contribution is 6.00. The number of nitrogens with zero attached hydrogens (tertiary/aromatic N) is 2. The average molecular weight is 219 g/mol. The Morgan fingerprint density at radius 2 is 2.44 bits per heavy atom. The normalized spacial score (nSPS) is 12.6.